The van der Waals surface area contributed by atoms with Crippen LogP contribution in [0.1, 0.15) is 25.7 Å². The fourth-order valence-corrected chi connectivity index (χ4v) is 3.41. The number of aliphatic hydroxyl groups is 1. The monoisotopic (exact) mass is 237 g/mol. The van der Waals surface area contributed by atoms with E-state index in [1.165, 1.54) is 0 Å². The molecule has 0 radical (unpaired) electrons. The molecule has 0 bridgehead atoms. The van der Waals surface area contributed by atoms with E-state index in [0.717, 1.165) is 38.8 Å². The predicted octanol–water partition coefficient (Wildman–Crippen LogP) is 0.675. The first-order chi connectivity index (χ1) is 8.11. The minimum Gasteiger partial charge on any atom is -0.392 e. The molecule has 1 heterocycles. The number of aliphatic hydroxyl groups excluding tert-OH is 1. The van der Waals surface area contributed by atoms with Crippen LogP contribution in [0.15, 0.2) is 0 Å². The van der Waals surface area contributed by atoms with E-state index in [0.29, 0.717) is 12.1 Å². The highest BCUT2D eigenvalue weighted by Gasteiger charge is 2.40. The van der Waals surface area contributed by atoms with Crippen LogP contribution in [0.2, 0.25) is 0 Å². The van der Waals surface area contributed by atoms with Crippen LogP contribution in [0.3, 0.4) is 0 Å². The second-order valence-corrected chi connectivity index (χ2v) is 5.74. The number of likely N-dealkylation sites (tertiary alicyclic amines) is 1. The van der Waals surface area contributed by atoms with Crippen LogP contribution in [-0.4, -0.2) is 60.3 Å². The summed E-state index contributed by atoms with van der Waals surface area (Å²) < 4.78 is 0. The molecular formula is C13H23N3O. The predicted molar refractivity (Wildman–Crippen MR) is 66.4 cm³/mol. The number of hydrogen-bond donors (Lipinski definition) is 1. The van der Waals surface area contributed by atoms with Gasteiger partial charge in [0.1, 0.15) is 0 Å². The van der Waals surface area contributed by atoms with Gasteiger partial charge >= 0.3 is 0 Å². The van der Waals surface area contributed by atoms with Crippen LogP contribution < -0.4 is 0 Å². The van der Waals surface area contributed by atoms with Crippen molar-refractivity contribution in [2.75, 3.05) is 27.2 Å². The first kappa shape index (κ1) is 12.8. The molecule has 2 aliphatic rings. The van der Waals surface area contributed by atoms with E-state index >= 15 is 0 Å². The second kappa shape index (κ2) is 5.34. The molecule has 17 heavy (non-hydrogen) atoms. The lowest BCUT2D eigenvalue weighted by atomic mass is 10.0. The first-order valence-electron chi connectivity index (χ1n) is 6.60. The highest BCUT2D eigenvalue weighted by atomic mass is 16.3. The van der Waals surface area contributed by atoms with Gasteiger partial charge in [-0.15, -0.1) is 0 Å². The standard InChI is InChI=1S/C13H23N3O/c1-15(2)8-11-6-12(17)9-16(11)13-5-3-4-10(13)7-14/h10-13,17H,3-6,8-9H2,1-2H3. The van der Waals surface area contributed by atoms with E-state index in [1.807, 2.05) is 0 Å². The molecular weight excluding hydrogens is 214 g/mol. The smallest absolute Gasteiger partial charge is 0.0682 e. The lowest BCUT2D eigenvalue weighted by Gasteiger charge is -2.33. The Morgan fingerprint density at radius 2 is 2.18 bits per heavy atom. The van der Waals surface area contributed by atoms with Crippen molar-refractivity contribution in [3.8, 4) is 6.07 Å². The van der Waals surface area contributed by atoms with Crippen molar-refractivity contribution in [1.29, 1.82) is 5.26 Å². The maximum Gasteiger partial charge on any atom is 0.0682 e. The van der Waals surface area contributed by atoms with Crippen LogP contribution in [0.5, 0.6) is 0 Å². The van der Waals surface area contributed by atoms with Gasteiger partial charge in [-0.3, -0.25) is 4.90 Å². The zero-order chi connectivity index (χ0) is 12.4. The van der Waals surface area contributed by atoms with Crippen molar-refractivity contribution < 1.29 is 5.11 Å². The Hall–Kier alpha value is -0.630. The molecule has 0 spiro atoms. The number of nitriles is 1. The highest BCUT2D eigenvalue weighted by molar-refractivity contribution is 5.02. The van der Waals surface area contributed by atoms with Gasteiger partial charge in [-0.2, -0.15) is 5.26 Å². The highest BCUT2D eigenvalue weighted by Crippen LogP contribution is 2.34. The summed E-state index contributed by atoms with van der Waals surface area (Å²) in [6.07, 6.45) is 3.95. The van der Waals surface area contributed by atoms with Gasteiger partial charge in [-0.1, -0.05) is 6.42 Å². The zero-order valence-electron chi connectivity index (χ0n) is 10.8. The fraction of sp³-hybridized carbons (Fsp3) is 0.923. The summed E-state index contributed by atoms with van der Waals surface area (Å²) >= 11 is 0. The van der Waals surface area contributed by atoms with Crippen molar-refractivity contribution in [2.24, 2.45) is 5.92 Å². The SMILES string of the molecule is CN(C)CC1CC(O)CN1C1CCCC1C#N. The number of likely N-dealkylation sites (N-methyl/N-ethyl adjacent to an activating group) is 1. The van der Waals surface area contributed by atoms with Crippen LogP contribution >= 0.6 is 0 Å². The molecule has 1 aliphatic heterocycles. The van der Waals surface area contributed by atoms with Crippen molar-refractivity contribution in [2.45, 2.75) is 43.9 Å². The summed E-state index contributed by atoms with van der Waals surface area (Å²) in [6, 6.07) is 3.24. The van der Waals surface area contributed by atoms with Gasteiger partial charge in [0.15, 0.2) is 0 Å². The molecule has 2 fully saturated rings. The van der Waals surface area contributed by atoms with Crippen molar-refractivity contribution in [3.05, 3.63) is 0 Å². The van der Waals surface area contributed by atoms with Gasteiger partial charge in [0.05, 0.1) is 18.1 Å². The van der Waals surface area contributed by atoms with Crippen molar-refractivity contribution in [1.82, 2.24) is 9.80 Å². The minimum atomic E-state index is -0.208. The minimum absolute atomic E-state index is 0.171. The second-order valence-electron chi connectivity index (χ2n) is 5.74. The molecule has 0 amide bonds. The van der Waals surface area contributed by atoms with Crippen LogP contribution in [0.25, 0.3) is 0 Å². The molecule has 4 unspecified atom stereocenters. The van der Waals surface area contributed by atoms with E-state index in [-0.39, 0.29) is 12.0 Å². The molecule has 1 saturated heterocycles. The summed E-state index contributed by atoms with van der Waals surface area (Å²) in [4.78, 5) is 4.57. The molecule has 4 nitrogen and oxygen atoms in total. The van der Waals surface area contributed by atoms with Gasteiger partial charge in [0.25, 0.3) is 0 Å². The van der Waals surface area contributed by atoms with Gasteiger partial charge in [0.2, 0.25) is 0 Å². The third kappa shape index (κ3) is 2.79. The van der Waals surface area contributed by atoms with Crippen LogP contribution in [-0.2, 0) is 0 Å². The summed E-state index contributed by atoms with van der Waals surface area (Å²) in [5.41, 5.74) is 0. The van der Waals surface area contributed by atoms with Crippen molar-refractivity contribution >= 4 is 0 Å². The number of rotatable bonds is 3. The Kier molecular flexibility index (Phi) is 4.03. The molecule has 4 atom stereocenters. The molecule has 4 heteroatoms. The zero-order valence-corrected chi connectivity index (χ0v) is 10.8. The molecule has 0 aromatic carbocycles. The van der Waals surface area contributed by atoms with Gasteiger partial charge in [-0.05, 0) is 33.4 Å². The Labute approximate surface area is 104 Å². The van der Waals surface area contributed by atoms with E-state index in [2.05, 4.69) is 30.0 Å². The quantitative estimate of drug-likeness (QED) is 0.784. The van der Waals surface area contributed by atoms with E-state index in [4.69, 9.17) is 0 Å². The largest absolute Gasteiger partial charge is 0.392 e. The average molecular weight is 237 g/mol. The maximum atomic E-state index is 9.86. The molecule has 0 aromatic heterocycles. The Morgan fingerprint density at radius 1 is 1.41 bits per heavy atom. The Morgan fingerprint density at radius 3 is 2.82 bits per heavy atom. The third-order valence-electron chi connectivity index (χ3n) is 4.08. The molecule has 96 valence electrons. The topological polar surface area (TPSA) is 50.5 Å². The normalized spacial score (nSPS) is 38.8. The van der Waals surface area contributed by atoms with Gasteiger partial charge < -0.3 is 10.0 Å². The first-order valence-corrected chi connectivity index (χ1v) is 6.60. The van der Waals surface area contributed by atoms with E-state index in [1.54, 1.807) is 0 Å². The summed E-state index contributed by atoms with van der Waals surface area (Å²) in [5, 5.41) is 19.0. The number of β-amino-alcohol motifs (C(OH)–C–C–N with tert-alkyl or cyclic N) is 1. The molecule has 1 aliphatic carbocycles. The Bertz CT molecular complexity index is 300. The van der Waals surface area contributed by atoms with E-state index < -0.39 is 0 Å². The van der Waals surface area contributed by atoms with E-state index in [9.17, 15) is 10.4 Å². The Balaban J connectivity index is 2.04. The average Bonchev–Trinajstić information content (AvgIpc) is 2.83. The lowest BCUT2D eigenvalue weighted by molar-refractivity contribution is 0.125. The number of nitrogens with zero attached hydrogens (tertiary/aromatic N) is 3. The lowest BCUT2D eigenvalue weighted by Crippen LogP contribution is -2.45. The van der Waals surface area contributed by atoms with Crippen LogP contribution in [0.4, 0.5) is 0 Å². The maximum absolute atomic E-state index is 9.86. The molecule has 1 saturated carbocycles. The summed E-state index contributed by atoms with van der Waals surface area (Å²) in [5.74, 6) is 0.171. The third-order valence-corrected chi connectivity index (χ3v) is 4.08. The summed E-state index contributed by atoms with van der Waals surface area (Å²) in [6.45, 7) is 1.73. The van der Waals surface area contributed by atoms with Gasteiger partial charge in [0, 0.05) is 25.2 Å². The van der Waals surface area contributed by atoms with Gasteiger partial charge in [-0.25, -0.2) is 0 Å². The molecule has 2 rings (SSSR count). The van der Waals surface area contributed by atoms with Crippen molar-refractivity contribution in [3.63, 3.8) is 0 Å². The molecule has 1 N–H and O–H groups in total. The van der Waals surface area contributed by atoms with Crippen LogP contribution in [0, 0.1) is 17.2 Å². The summed E-state index contributed by atoms with van der Waals surface area (Å²) in [7, 11) is 4.14. The fourth-order valence-electron chi connectivity index (χ4n) is 3.41. The number of hydrogen-bond acceptors (Lipinski definition) is 4. The molecule has 0 aromatic rings.